The van der Waals surface area contributed by atoms with Gasteiger partial charge in [-0.3, -0.25) is 0 Å². The Morgan fingerprint density at radius 3 is 1.93 bits per heavy atom. The van der Waals surface area contributed by atoms with E-state index in [9.17, 15) is 0 Å². The molecular formula is C51H34BNO2. The van der Waals surface area contributed by atoms with Gasteiger partial charge in [0.05, 0.1) is 5.69 Å². The van der Waals surface area contributed by atoms with Crippen LogP contribution in [0.5, 0.6) is 23.0 Å². The summed E-state index contributed by atoms with van der Waals surface area (Å²) in [6, 6.07) is 61.5. The van der Waals surface area contributed by atoms with E-state index in [-0.39, 0.29) is 12.1 Å². The topological polar surface area (TPSA) is 21.7 Å². The summed E-state index contributed by atoms with van der Waals surface area (Å²) in [5.74, 6) is 3.55. The van der Waals surface area contributed by atoms with Gasteiger partial charge in [0.1, 0.15) is 23.0 Å². The molecule has 0 bridgehead atoms. The van der Waals surface area contributed by atoms with E-state index in [1.54, 1.807) is 0 Å². The summed E-state index contributed by atoms with van der Waals surface area (Å²) in [6.07, 6.45) is 0. The minimum atomic E-state index is -0.295. The van der Waals surface area contributed by atoms with Gasteiger partial charge in [0.25, 0.3) is 6.71 Å². The molecule has 0 atom stereocenters. The Bertz CT molecular complexity index is 3100. The standard InChI is InChI=1S/C51H34BNO2/c1-51(2)40-29-42-47(55-45-22-12-21-44-50(45)52(42)49-36-18-9-8-14-32(36)24-26-46(49)54-44)28-39(40)48-38-20-11-10-19-37(38)43(30-41(48)51)53(34-16-4-3-5-17-34)35-25-23-31-13-6-7-15-33(31)27-35/h3-30H,1-2H3. The Balaban J connectivity index is 1.11. The Morgan fingerprint density at radius 2 is 1.11 bits per heavy atom. The van der Waals surface area contributed by atoms with Crippen molar-refractivity contribution in [2.45, 2.75) is 19.3 Å². The summed E-state index contributed by atoms with van der Waals surface area (Å²) in [6.45, 7) is 4.76. The maximum atomic E-state index is 6.90. The van der Waals surface area contributed by atoms with Gasteiger partial charge in [-0.2, -0.15) is 0 Å². The lowest BCUT2D eigenvalue weighted by molar-refractivity contribution is 0.465. The Kier molecular flexibility index (Phi) is 6.20. The normalized spacial score (nSPS) is 14.0. The van der Waals surface area contributed by atoms with Gasteiger partial charge in [0.15, 0.2) is 0 Å². The van der Waals surface area contributed by atoms with Crippen LogP contribution in [0.1, 0.15) is 25.0 Å². The third kappa shape index (κ3) is 4.28. The fourth-order valence-electron chi connectivity index (χ4n) is 9.76. The number of hydrogen-bond acceptors (Lipinski definition) is 3. The molecule has 0 unspecified atom stereocenters. The van der Waals surface area contributed by atoms with Crippen molar-refractivity contribution in [1.29, 1.82) is 0 Å². The average molecular weight is 704 g/mol. The second kappa shape index (κ2) is 11.1. The van der Waals surface area contributed by atoms with Crippen LogP contribution in [0.2, 0.25) is 0 Å². The summed E-state index contributed by atoms with van der Waals surface area (Å²) in [4.78, 5) is 2.44. The van der Waals surface area contributed by atoms with Crippen LogP contribution >= 0.6 is 0 Å². The highest BCUT2D eigenvalue weighted by atomic mass is 16.5. The molecule has 0 amide bonds. The lowest BCUT2D eigenvalue weighted by Gasteiger charge is -2.34. The second-order valence-corrected chi connectivity index (χ2v) is 15.6. The molecule has 3 aliphatic rings. The fourth-order valence-corrected chi connectivity index (χ4v) is 9.76. The monoisotopic (exact) mass is 703 g/mol. The van der Waals surface area contributed by atoms with Crippen molar-refractivity contribution < 1.29 is 9.47 Å². The van der Waals surface area contributed by atoms with Gasteiger partial charge >= 0.3 is 0 Å². The van der Waals surface area contributed by atoms with E-state index in [1.165, 1.54) is 71.2 Å². The average Bonchev–Trinajstić information content (AvgIpc) is 3.45. The first-order valence-electron chi connectivity index (χ1n) is 19.1. The van der Waals surface area contributed by atoms with Gasteiger partial charge in [-0.05, 0) is 115 Å². The molecule has 2 heterocycles. The Labute approximate surface area is 320 Å². The Morgan fingerprint density at radius 1 is 0.455 bits per heavy atom. The molecule has 0 radical (unpaired) electrons. The first-order valence-corrected chi connectivity index (χ1v) is 19.1. The summed E-state index contributed by atoms with van der Waals surface area (Å²) in [5, 5.41) is 7.32. The molecule has 3 nitrogen and oxygen atoms in total. The van der Waals surface area contributed by atoms with Gasteiger partial charge in [-0.25, -0.2) is 0 Å². The zero-order valence-electron chi connectivity index (χ0n) is 30.5. The second-order valence-electron chi connectivity index (χ2n) is 15.6. The SMILES string of the molecule is CC1(C)c2cc3c(cc2-c2c1cc(N(c1ccccc1)c1ccc4ccccc4c1)c1ccccc21)Oc1cccc2c1B3c1c(ccc3ccccc13)O2. The highest BCUT2D eigenvalue weighted by Crippen LogP contribution is 2.55. The molecule has 1 aliphatic carbocycles. The van der Waals surface area contributed by atoms with Crippen molar-refractivity contribution >= 4 is 72.5 Å². The number of para-hydroxylation sites is 1. The molecule has 0 saturated carbocycles. The van der Waals surface area contributed by atoms with E-state index in [4.69, 9.17) is 9.47 Å². The van der Waals surface area contributed by atoms with Crippen LogP contribution < -0.4 is 30.8 Å². The molecule has 258 valence electrons. The lowest BCUT2D eigenvalue weighted by Crippen LogP contribution is -2.57. The molecule has 4 heteroatoms. The number of ether oxygens (including phenoxy) is 2. The lowest BCUT2D eigenvalue weighted by atomic mass is 9.34. The van der Waals surface area contributed by atoms with Gasteiger partial charge < -0.3 is 14.4 Å². The molecule has 0 fully saturated rings. The van der Waals surface area contributed by atoms with Crippen LogP contribution in [0.3, 0.4) is 0 Å². The largest absolute Gasteiger partial charge is 0.458 e. The summed E-state index contributed by atoms with van der Waals surface area (Å²) < 4.78 is 13.5. The number of nitrogens with zero attached hydrogens (tertiary/aromatic N) is 1. The Hall–Kier alpha value is -6.78. The quantitative estimate of drug-likeness (QED) is 0.171. The van der Waals surface area contributed by atoms with E-state index in [0.717, 1.165) is 39.8 Å². The van der Waals surface area contributed by atoms with Crippen molar-refractivity contribution in [3.05, 3.63) is 181 Å². The van der Waals surface area contributed by atoms with Crippen LogP contribution in [0.15, 0.2) is 170 Å². The van der Waals surface area contributed by atoms with Crippen molar-refractivity contribution in [1.82, 2.24) is 0 Å². The third-order valence-electron chi connectivity index (χ3n) is 12.3. The summed E-state index contributed by atoms with van der Waals surface area (Å²) in [5.41, 5.74) is 11.8. The van der Waals surface area contributed by atoms with Crippen LogP contribution in [-0.2, 0) is 5.41 Å². The molecule has 12 rings (SSSR count). The molecule has 0 spiro atoms. The molecule has 2 aliphatic heterocycles. The number of fused-ring (bicyclic) bond motifs is 12. The molecule has 9 aromatic rings. The van der Waals surface area contributed by atoms with Crippen LogP contribution in [-0.4, -0.2) is 6.71 Å². The maximum absolute atomic E-state index is 6.90. The van der Waals surface area contributed by atoms with Crippen molar-refractivity contribution in [3.8, 4) is 34.1 Å². The molecular weight excluding hydrogens is 669 g/mol. The van der Waals surface area contributed by atoms with E-state index in [2.05, 4.69) is 183 Å². The predicted octanol–water partition coefficient (Wildman–Crippen LogP) is 11.6. The molecule has 0 saturated heterocycles. The smallest absolute Gasteiger partial charge is 0.261 e. The van der Waals surface area contributed by atoms with E-state index in [1.807, 2.05) is 6.07 Å². The number of rotatable bonds is 3. The number of hydrogen-bond donors (Lipinski definition) is 0. The highest BCUT2D eigenvalue weighted by molar-refractivity contribution is 6.99. The molecule has 0 N–H and O–H groups in total. The number of anilines is 3. The zero-order chi connectivity index (χ0) is 36.4. The molecule has 55 heavy (non-hydrogen) atoms. The summed E-state index contributed by atoms with van der Waals surface area (Å²) in [7, 11) is 0. The zero-order valence-corrected chi connectivity index (χ0v) is 30.5. The molecule has 0 aromatic heterocycles. The van der Waals surface area contributed by atoms with Gasteiger partial charge in [0, 0.05) is 27.6 Å². The first-order chi connectivity index (χ1) is 27.0. The fraction of sp³-hybridized carbons (Fsp3) is 0.0588. The highest BCUT2D eigenvalue weighted by Gasteiger charge is 2.45. The van der Waals surface area contributed by atoms with Gasteiger partial charge in [0.2, 0.25) is 0 Å². The molecule has 9 aromatic carbocycles. The number of benzene rings is 9. The maximum Gasteiger partial charge on any atom is 0.261 e. The predicted molar refractivity (Wildman–Crippen MR) is 229 cm³/mol. The van der Waals surface area contributed by atoms with E-state index < -0.39 is 0 Å². The van der Waals surface area contributed by atoms with Crippen molar-refractivity contribution in [2.24, 2.45) is 0 Å². The van der Waals surface area contributed by atoms with Crippen LogP contribution in [0.4, 0.5) is 17.1 Å². The minimum absolute atomic E-state index is 0.0246. The van der Waals surface area contributed by atoms with Gasteiger partial charge in [-0.15, -0.1) is 0 Å². The van der Waals surface area contributed by atoms with E-state index >= 15 is 0 Å². The third-order valence-corrected chi connectivity index (χ3v) is 12.3. The van der Waals surface area contributed by atoms with Gasteiger partial charge in [-0.1, -0.05) is 129 Å². The van der Waals surface area contributed by atoms with Crippen molar-refractivity contribution in [2.75, 3.05) is 4.90 Å². The van der Waals surface area contributed by atoms with Crippen LogP contribution in [0, 0.1) is 0 Å². The summed E-state index contributed by atoms with van der Waals surface area (Å²) >= 11 is 0. The van der Waals surface area contributed by atoms with E-state index in [0.29, 0.717) is 0 Å². The van der Waals surface area contributed by atoms with Crippen LogP contribution in [0.25, 0.3) is 43.4 Å². The van der Waals surface area contributed by atoms with Crippen molar-refractivity contribution in [3.63, 3.8) is 0 Å². The first kappa shape index (κ1) is 30.7. The minimum Gasteiger partial charge on any atom is -0.458 e.